The Balaban J connectivity index is 1.19. The van der Waals surface area contributed by atoms with E-state index in [1.165, 1.54) is 94.6 Å². The maximum absolute atomic E-state index is 5.77. The van der Waals surface area contributed by atoms with Gasteiger partial charge in [-0.2, -0.15) is 0 Å². The number of hydrogen-bond acceptors (Lipinski definition) is 4. The lowest BCUT2D eigenvalue weighted by Gasteiger charge is -2.26. The Hall–Kier alpha value is -5.62. The normalized spacial score (nSPS) is 13.6. The molecule has 1 aliphatic heterocycles. The molecule has 6 aromatic rings. The van der Waals surface area contributed by atoms with Crippen LogP contribution in [0.2, 0.25) is 0 Å². The molecule has 0 saturated carbocycles. The number of benzene rings is 6. The van der Waals surface area contributed by atoms with Crippen molar-refractivity contribution in [3.05, 3.63) is 210 Å². The van der Waals surface area contributed by atoms with E-state index in [0.29, 0.717) is 0 Å². The number of morpholine rings is 1. The molecule has 4 nitrogen and oxygen atoms in total. The molecule has 0 unspecified atom stereocenters. The molecule has 0 aliphatic carbocycles. The molecule has 0 radical (unpaired) electrons. The predicted octanol–water partition coefficient (Wildman–Crippen LogP) is 12.8. The lowest BCUT2D eigenvalue weighted by molar-refractivity contribution is 0.0342. The number of nitrogens with zero attached hydrogens (tertiary/aromatic N) is 2. The molecule has 0 bridgehead atoms. The fraction of sp³-hybridized carbons (Fsp3) is 0.300. The smallest absolute Gasteiger partial charge is 0.0594 e. The maximum atomic E-state index is 5.77. The van der Waals surface area contributed by atoms with Gasteiger partial charge in [-0.15, -0.1) is 0 Å². The summed E-state index contributed by atoms with van der Waals surface area (Å²) in [7, 11) is 4.25. The summed E-state index contributed by atoms with van der Waals surface area (Å²) >= 11 is 0. The monoisotopic (exact) mass is 848 g/mol. The van der Waals surface area contributed by atoms with E-state index in [2.05, 4.69) is 203 Å². The van der Waals surface area contributed by atoms with Gasteiger partial charge in [0.1, 0.15) is 0 Å². The molecule has 2 N–H and O–H groups in total. The Morgan fingerprint density at radius 2 is 1.05 bits per heavy atom. The van der Waals surface area contributed by atoms with Crippen LogP contribution < -0.4 is 5.73 Å². The number of unbranched alkanes of at least 4 members (excludes halogenated alkanes) is 1. The molecule has 0 spiro atoms. The molecule has 330 valence electrons. The number of ether oxygens (including phenoxy) is 1. The van der Waals surface area contributed by atoms with E-state index in [9.17, 15) is 0 Å². The first-order valence-corrected chi connectivity index (χ1v) is 23.4. The predicted molar refractivity (Wildman–Crippen MR) is 275 cm³/mol. The molecule has 1 saturated heterocycles. The number of aryl methyl sites for hydroxylation is 3. The van der Waals surface area contributed by atoms with E-state index in [1.807, 2.05) is 0 Å². The van der Waals surface area contributed by atoms with Crippen LogP contribution in [0.4, 0.5) is 0 Å². The van der Waals surface area contributed by atoms with Crippen molar-refractivity contribution in [2.24, 2.45) is 5.73 Å². The van der Waals surface area contributed by atoms with Gasteiger partial charge < -0.3 is 15.4 Å². The quantitative estimate of drug-likeness (QED) is 0.0691. The van der Waals surface area contributed by atoms with Crippen molar-refractivity contribution < 1.29 is 4.74 Å². The van der Waals surface area contributed by atoms with Gasteiger partial charge in [-0.3, -0.25) is 4.90 Å². The Bertz CT molecular complexity index is 2590. The summed E-state index contributed by atoms with van der Waals surface area (Å²) in [6.45, 7) is 15.3. The van der Waals surface area contributed by atoms with Crippen LogP contribution in [0.5, 0.6) is 0 Å². The SMILES string of the molecule is Cc1cccc(Cc2ccc(Cc3ccc(C)c(/C=C/c4cccc(CCCCN)c4)c3C)c(/C=C/c3cccc(CN(C)C)c3)c2C)c1/C=C/c1cccc(CN2CCOCC2)c1. The van der Waals surface area contributed by atoms with Crippen molar-refractivity contribution in [1.82, 2.24) is 9.80 Å². The van der Waals surface area contributed by atoms with Gasteiger partial charge in [0.05, 0.1) is 13.2 Å². The Morgan fingerprint density at radius 1 is 0.531 bits per heavy atom. The molecule has 1 fully saturated rings. The van der Waals surface area contributed by atoms with E-state index < -0.39 is 0 Å². The van der Waals surface area contributed by atoms with Crippen LogP contribution in [0, 0.1) is 27.7 Å². The van der Waals surface area contributed by atoms with Crippen molar-refractivity contribution >= 4 is 36.5 Å². The molecule has 64 heavy (non-hydrogen) atoms. The maximum Gasteiger partial charge on any atom is 0.0594 e. The van der Waals surface area contributed by atoms with Crippen molar-refractivity contribution in [2.75, 3.05) is 46.9 Å². The van der Waals surface area contributed by atoms with Gasteiger partial charge in [-0.05, 0) is 175 Å². The summed E-state index contributed by atoms with van der Waals surface area (Å²) in [5, 5.41) is 0. The first kappa shape index (κ1) is 46.4. The van der Waals surface area contributed by atoms with E-state index in [0.717, 1.165) is 78.0 Å². The lowest BCUT2D eigenvalue weighted by atomic mass is 9.86. The van der Waals surface area contributed by atoms with Gasteiger partial charge >= 0.3 is 0 Å². The van der Waals surface area contributed by atoms with Crippen molar-refractivity contribution in [2.45, 2.75) is 72.9 Å². The van der Waals surface area contributed by atoms with Crippen LogP contribution >= 0.6 is 0 Å². The molecule has 4 heteroatoms. The highest BCUT2D eigenvalue weighted by Crippen LogP contribution is 2.31. The number of hydrogen-bond donors (Lipinski definition) is 1. The fourth-order valence-electron chi connectivity index (χ4n) is 9.15. The minimum atomic E-state index is 0.750. The molecule has 0 atom stereocenters. The zero-order chi connectivity index (χ0) is 44.8. The summed E-state index contributed by atoms with van der Waals surface area (Å²) in [6, 6.07) is 43.0. The van der Waals surface area contributed by atoms with Gasteiger partial charge in [0.15, 0.2) is 0 Å². The van der Waals surface area contributed by atoms with Crippen molar-refractivity contribution in [3.63, 3.8) is 0 Å². The zero-order valence-corrected chi connectivity index (χ0v) is 39.3. The second kappa shape index (κ2) is 22.8. The largest absolute Gasteiger partial charge is 0.379 e. The van der Waals surface area contributed by atoms with Crippen LogP contribution in [0.15, 0.2) is 115 Å². The highest BCUT2D eigenvalue weighted by molar-refractivity contribution is 5.77. The molecular formula is C60H69N3O. The third kappa shape index (κ3) is 12.8. The van der Waals surface area contributed by atoms with Gasteiger partial charge in [-0.1, -0.05) is 152 Å². The molecule has 1 heterocycles. The first-order chi connectivity index (χ1) is 31.1. The van der Waals surface area contributed by atoms with Crippen LogP contribution in [0.3, 0.4) is 0 Å². The highest BCUT2D eigenvalue weighted by Gasteiger charge is 2.15. The minimum Gasteiger partial charge on any atom is -0.379 e. The molecule has 6 aromatic carbocycles. The average molecular weight is 848 g/mol. The molecule has 0 aromatic heterocycles. The second-order valence-electron chi connectivity index (χ2n) is 18.1. The topological polar surface area (TPSA) is 41.7 Å². The molecule has 1 aliphatic rings. The van der Waals surface area contributed by atoms with Crippen LogP contribution in [0.1, 0.15) is 107 Å². The van der Waals surface area contributed by atoms with E-state index in [-0.39, 0.29) is 0 Å². The highest BCUT2D eigenvalue weighted by atomic mass is 16.5. The average Bonchev–Trinajstić information content (AvgIpc) is 3.28. The first-order valence-electron chi connectivity index (χ1n) is 23.4. The number of nitrogens with two attached hydrogens (primary N) is 1. The molecule has 0 amide bonds. The van der Waals surface area contributed by atoms with Gasteiger partial charge in [0.25, 0.3) is 0 Å². The van der Waals surface area contributed by atoms with Crippen LogP contribution in [-0.2, 0) is 37.1 Å². The summed E-state index contributed by atoms with van der Waals surface area (Å²) in [6.07, 6.45) is 18.9. The Kier molecular flexibility index (Phi) is 16.5. The van der Waals surface area contributed by atoms with E-state index in [1.54, 1.807) is 0 Å². The second-order valence-corrected chi connectivity index (χ2v) is 18.1. The summed E-state index contributed by atoms with van der Waals surface area (Å²) in [5.41, 5.74) is 28.1. The standard InChI is InChI=1S/C60H69N3O/c1-44-13-9-21-56(59(44)30-24-50-18-12-20-53(39-50)43-63-33-35-64-36-34-63)40-55-27-28-57(60(47(55)4)31-25-51-17-11-19-52(38-51)42-62(5)6)41-54-26-22-45(2)58(46(54)3)29-23-49-16-10-15-48(37-49)14-7-8-32-61/h9-13,15-31,37-39H,7-8,14,32-36,40-43,61H2,1-6H3/b29-23+,30-24+,31-25+. The third-order valence-electron chi connectivity index (χ3n) is 12.8. The molecule has 7 rings (SSSR count). The van der Waals surface area contributed by atoms with Crippen LogP contribution in [0.25, 0.3) is 36.5 Å². The van der Waals surface area contributed by atoms with E-state index in [4.69, 9.17) is 10.5 Å². The van der Waals surface area contributed by atoms with Crippen molar-refractivity contribution in [3.8, 4) is 0 Å². The molecular weight excluding hydrogens is 779 g/mol. The summed E-state index contributed by atoms with van der Waals surface area (Å²) in [4.78, 5) is 4.71. The third-order valence-corrected chi connectivity index (χ3v) is 12.8. The van der Waals surface area contributed by atoms with Gasteiger partial charge in [0.2, 0.25) is 0 Å². The van der Waals surface area contributed by atoms with Gasteiger partial charge in [0, 0.05) is 26.2 Å². The van der Waals surface area contributed by atoms with Gasteiger partial charge in [-0.25, -0.2) is 0 Å². The summed E-state index contributed by atoms with van der Waals surface area (Å²) in [5.74, 6) is 0. The Morgan fingerprint density at radius 3 is 1.72 bits per heavy atom. The lowest BCUT2D eigenvalue weighted by Crippen LogP contribution is -2.35. The van der Waals surface area contributed by atoms with Crippen LogP contribution in [-0.4, -0.2) is 56.7 Å². The Labute approximate surface area is 384 Å². The van der Waals surface area contributed by atoms with Crippen molar-refractivity contribution in [1.29, 1.82) is 0 Å². The van der Waals surface area contributed by atoms with E-state index >= 15 is 0 Å². The minimum absolute atomic E-state index is 0.750. The zero-order valence-electron chi connectivity index (χ0n) is 39.3. The summed E-state index contributed by atoms with van der Waals surface area (Å²) < 4.78 is 5.58. The fourth-order valence-corrected chi connectivity index (χ4v) is 9.15. The number of rotatable bonds is 18.